The molecule has 4 rings (SSSR count). The van der Waals surface area contributed by atoms with Crippen LogP contribution in [-0.4, -0.2) is 29.9 Å². The zero-order valence-corrected chi connectivity index (χ0v) is 21.0. The van der Waals surface area contributed by atoms with Crippen molar-refractivity contribution in [1.82, 2.24) is 10.2 Å². The van der Waals surface area contributed by atoms with Crippen molar-refractivity contribution in [2.45, 2.75) is 32.0 Å². The van der Waals surface area contributed by atoms with Crippen LogP contribution in [-0.2, 0) is 35.5 Å². The fourth-order valence-corrected chi connectivity index (χ4v) is 4.26. The quantitative estimate of drug-likeness (QED) is 0.313. The fourth-order valence-electron chi connectivity index (χ4n) is 4.26. The van der Waals surface area contributed by atoms with Crippen LogP contribution in [0.5, 0.6) is 5.75 Å². The molecular weight excluding hydrogens is 460 g/mol. The molecule has 0 heterocycles. The number of nitrogens with zero attached hydrogens (tertiary/aromatic N) is 1. The number of carbonyl (C=O) groups excluding carboxylic acids is 2. The van der Waals surface area contributed by atoms with Gasteiger partial charge < -0.3 is 15.0 Å². The summed E-state index contributed by atoms with van der Waals surface area (Å²) in [6.45, 7) is 0.708. The number of methoxy groups -OCH3 is 1. The largest absolute Gasteiger partial charge is 0.497 e. The number of nitrogens with one attached hydrogen (secondary N) is 1. The molecule has 0 aliphatic rings. The molecule has 4 aromatic rings. The van der Waals surface area contributed by atoms with Gasteiger partial charge in [-0.15, -0.1) is 0 Å². The minimum Gasteiger partial charge on any atom is -0.497 e. The van der Waals surface area contributed by atoms with Crippen LogP contribution in [0.2, 0.25) is 0 Å². The summed E-state index contributed by atoms with van der Waals surface area (Å²) in [5, 5.41) is 3.07. The molecule has 0 saturated carbocycles. The molecule has 1 atom stereocenters. The van der Waals surface area contributed by atoms with E-state index < -0.39 is 6.04 Å². The highest BCUT2D eigenvalue weighted by atomic mass is 16.5. The Hall–Kier alpha value is -4.38. The maximum absolute atomic E-state index is 13.8. The number of amides is 2. The first kappa shape index (κ1) is 25.7. The van der Waals surface area contributed by atoms with E-state index in [1.54, 1.807) is 12.0 Å². The smallest absolute Gasteiger partial charge is 0.243 e. The standard InChI is InChI=1S/C32H32N2O3/c1-37-29-19-17-28(18-20-29)24-34(31(35)22-26-13-7-3-8-14-26)30(21-25-11-5-2-6-12-25)32(36)33-23-27-15-9-4-10-16-27/h2-20,30H,21-24H2,1H3,(H,33,36). The highest BCUT2D eigenvalue weighted by Gasteiger charge is 2.30. The van der Waals surface area contributed by atoms with Crippen LogP contribution in [0.4, 0.5) is 0 Å². The highest BCUT2D eigenvalue weighted by molar-refractivity contribution is 5.88. The zero-order chi connectivity index (χ0) is 25.9. The Morgan fingerprint density at radius 2 is 1.24 bits per heavy atom. The molecule has 2 amide bonds. The van der Waals surface area contributed by atoms with Crippen LogP contribution in [0.3, 0.4) is 0 Å². The first-order chi connectivity index (χ1) is 18.1. The SMILES string of the molecule is COc1ccc(CN(C(=O)Cc2ccccc2)C(Cc2ccccc2)C(=O)NCc2ccccc2)cc1. The van der Waals surface area contributed by atoms with Crippen LogP contribution >= 0.6 is 0 Å². The van der Waals surface area contributed by atoms with Gasteiger partial charge in [0, 0.05) is 19.5 Å². The van der Waals surface area contributed by atoms with Crippen LogP contribution in [0.25, 0.3) is 0 Å². The van der Waals surface area contributed by atoms with E-state index in [-0.39, 0.29) is 18.2 Å². The molecule has 37 heavy (non-hydrogen) atoms. The van der Waals surface area contributed by atoms with Gasteiger partial charge in [-0.3, -0.25) is 9.59 Å². The number of benzene rings is 4. The van der Waals surface area contributed by atoms with E-state index in [9.17, 15) is 9.59 Å². The Bertz CT molecular complexity index is 1260. The predicted octanol–water partition coefficient (Wildman–Crippen LogP) is 5.19. The minimum absolute atomic E-state index is 0.0992. The van der Waals surface area contributed by atoms with Crippen molar-refractivity contribution in [3.05, 3.63) is 138 Å². The van der Waals surface area contributed by atoms with Gasteiger partial charge in [0.2, 0.25) is 11.8 Å². The zero-order valence-electron chi connectivity index (χ0n) is 21.0. The van der Waals surface area contributed by atoms with Crippen molar-refractivity contribution in [2.75, 3.05) is 7.11 Å². The van der Waals surface area contributed by atoms with Gasteiger partial charge >= 0.3 is 0 Å². The van der Waals surface area contributed by atoms with E-state index in [1.165, 1.54) is 0 Å². The normalized spacial score (nSPS) is 11.4. The van der Waals surface area contributed by atoms with E-state index in [2.05, 4.69) is 5.32 Å². The molecule has 0 radical (unpaired) electrons. The van der Waals surface area contributed by atoms with Crippen molar-refractivity contribution in [3.63, 3.8) is 0 Å². The molecule has 0 saturated heterocycles. The molecule has 1 unspecified atom stereocenters. The molecule has 0 spiro atoms. The molecule has 4 aromatic carbocycles. The monoisotopic (exact) mass is 492 g/mol. The van der Waals surface area contributed by atoms with Gasteiger partial charge in [-0.1, -0.05) is 103 Å². The number of carbonyl (C=O) groups is 2. The average Bonchev–Trinajstić information content (AvgIpc) is 2.95. The molecule has 5 heteroatoms. The van der Waals surface area contributed by atoms with Crippen LogP contribution in [0.15, 0.2) is 115 Å². The number of rotatable bonds is 11. The van der Waals surface area contributed by atoms with E-state index in [0.717, 1.165) is 28.0 Å². The summed E-state index contributed by atoms with van der Waals surface area (Å²) in [4.78, 5) is 29.2. The number of ether oxygens (including phenoxy) is 1. The molecule has 0 fully saturated rings. The summed E-state index contributed by atoms with van der Waals surface area (Å²) >= 11 is 0. The second kappa shape index (κ2) is 13.1. The third-order valence-electron chi connectivity index (χ3n) is 6.29. The minimum atomic E-state index is -0.676. The summed E-state index contributed by atoms with van der Waals surface area (Å²) in [6.07, 6.45) is 0.631. The second-order valence-corrected chi connectivity index (χ2v) is 8.94. The lowest BCUT2D eigenvalue weighted by Crippen LogP contribution is -2.50. The summed E-state index contributed by atoms with van der Waals surface area (Å²) < 4.78 is 5.29. The highest BCUT2D eigenvalue weighted by Crippen LogP contribution is 2.19. The number of hydrogen-bond donors (Lipinski definition) is 1. The first-order valence-corrected chi connectivity index (χ1v) is 12.4. The summed E-state index contributed by atoms with van der Waals surface area (Å²) in [6, 6.07) is 36.2. The summed E-state index contributed by atoms with van der Waals surface area (Å²) in [5.41, 5.74) is 3.84. The predicted molar refractivity (Wildman–Crippen MR) is 146 cm³/mol. The Morgan fingerprint density at radius 1 is 0.703 bits per heavy atom. The molecule has 0 aliphatic heterocycles. The lowest BCUT2D eigenvalue weighted by molar-refractivity contribution is -0.140. The van der Waals surface area contributed by atoms with Gasteiger partial charge in [0.15, 0.2) is 0 Å². The van der Waals surface area contributed by atoms with Crippen LogP contribution in [0, 0.1) is 0 Å². The van der Waals surface area contributed by atoms with Gasteiger partial charge in [0.05, 0.1) is 13.5 Å². The van der Waals surface area contributed by atoms with E-state index in [4.69, 9.17) is 4.74 Å². The average molecular weight is 493 g/mol. The Kier molecular flexibility index (Phi) is 9.08. The third-order valence-corrected chi connectivity index (χ3v) is 6.29. The van der Waals surface area contributed by atoms with Gasteiger partial charge in [-0.25, -0.2) is 0 Å². The van der Waals surface area contributed by atoms with Crippen molar-refractivity contribution in [3.8, 4) is 5.75 Å². The topological polar surface area (TPSA) is 58.6 Å². The Labute approximate surface area is 218 Å². The fraction of sp³-hybridized carbons (Fsp3) is 0.188. The van der Waals surface area contributed by atoms with Gasteiger partial charge in [0.25, 0.3) is 0 Å². The molecule has 5 nitrogen and oxygen atoms in total. The van der Waals surface area contributed by atoms with Crippen molar-refractivity contribution in [1.29, 1.82) is 0 Å². The van der Waals surface area contributed by atoms with Crippen molar-refractivity contribution >= 4 is 11.8 Å². The Balaban J connectivity index is 1.64. The lowest BCUT2D eigenvalue weighted by Gasteiger charge is -2.32. The summed E-state index contributed by atoms with van der Waals surface area (Å²) in [7, 11) is 1.62. The first-order valence-electron chi connectivity index (χ1n) is 12.4. The van der Waals surface area contributed by atoms with Crippen molar-refractivity contribution < 1.29 is 14.3 Å². The van der Waals surface area contributed by atoms with E-state index in [0.29, 0.717) is 19.5 Å². The van der Waals surface area contributed by atoms with Gasteiger partial charge in [0.1, 0.15) is 11.8 Å². The molecule has 0 bridgehead atoms. The van der Waals surface area contributed by atoms with E-state index >= 15 is 0 Å². The van der Waals surface area contributed by atoms with E-state index in [1.807, 2.05) is 115 Å². The lowest BCUT2D eigenvalue weighted by atomic mass is 10.0. The van der Waals surface area contributed by atoms with Crippen LogP contribution < -0.4 is 10.1 Å². The number of hydrogen-bond acceptors (Lipinski definition) is 3. The van der Waals surface area contributed by atoms with Gasteiger partial charge in [-0.2, -0.15) is 0 Å². The maximum atomic E-state index is 13.8. The molecular formula is C32H32N2O3. The van der Waals surface area contributed by atoms with Crippen LogP contribution in [0.1, 0.15) is 22.3 Å². The Morgan fingerprint density at radius 3 is 1.81 bits per heavy atom. The molecule has 0 aromatic heterocycles. The van der Waals surface area contributed by atoms with Crippen molar-refractivity contribution in [2.24, 2.45) is 0 Å². The summed E-state index contributed by atoms with van der Waals surface area (Å²) in [5.74, 6) is 0.466. The molecule has 188 valence electrons. The molecule has 1 N–H and O–H groups in total. The molecule has 0 aliphatic carbocycles. The van der Waals surface area contributed by atoms with Gasteiger partial charge in [-0.05, 0) is 34.4 Å². The third kappa shape index (κ3) is 7.55. The second-order valence-electron chi connectivity index (χ2n) is 8.94. The maximum Gasteiger partial charge on any atom is 0.243 e.